The molecule has 2 N–H and O–H groups in total. The van der Waals surface area contributed by atoms with E-state index in [9.17, 15) is 14.0 Å². The van der Waals surface area contributed by atoms with Gasteiger partial charge in [-0.15, -0.1) is 0 Å². The Morgan fingerprint density at radius 2 is 1.76 bits per heavy atom. The van der Waals surface area contributed by atoms with E-state index < -0.39 is 30.8 Å². The molecule has 0 bridgehead atoms. The highest BCUT2D eigenvalue weighted by Crippen LogP contribution is 2.25. The third-order valence-electron chi connectivity index (χ3n) is 1.92. The molecule has 5 nitrogen and oxygen atoms in total. The van der Waals surface area contributed by atoms with E-state index in [4.69, 9.17) is 21.8 Å². The van der Waals surface area contributed by atoms with E-state index in [2.05, 4.69) is 0 Å². The first-order valence-electron chi connectivity index (χ1n) is 4.54. The molecule has 7 heteroatoms. The van der Waals surface area contributed by atoms with Crippen LogP contribution in [0.3, 0.4) is 0 Å². The Balaban J connectivity index is 3.07. The normalized spacial score (nSPS) is 10.0. The van der Waals surface area contributed by atoms with Crippen LogP contribution in [0.15, 0.2) is 18.2 Å². The van der Waals surface area contributed by atoms with Crippen molar-refractivity contribution in [1.29, 1.82) is 0 Å². The standard InChI is InChI=1S/C10H9ClFNO4/c11-6-2-1-3-7(10(6)12)13(4-8(14)15)5-9(16)17/h1-3H,4-5H2,(H,14,15)(H,16,17). The van der Waals surface area contributed by atoms with Crippen molar-refractivity contribution in [3.05, 3.63) is 29.0 Å². The molecule has 17 heavy (non-hydrogen) atoms. The minimum atomic E-state index is -1.26. The second-order valence-corrected chi connectivity index (χ2v) is 3.62. The van der Waals surface area contributed by atoms with Crippen LogP contribution in [-0.2, 0) is 9.59 Å². The number of halogens is 2. The molecule has 0 unspecified atom stereocenters. The molecular formula is C10H9ClFNO4. The van der Waals surface area contributed by atoms with Gasteiger partial charge >= 0.3 is 11.9 Å². The molecule has 0 aromatic heterocycles. The fourth-order valence-electron chi connectivity index (χ4n) is 1.29. The van der Waals surface area contributed by atoms with Crippen LogP contribution in [0.4, 0.5) is 10.1 Å². The summed E-state index contributed by atoms with van der Waals surface area (Å²) in [4.78, 5) is 22.0. The number of carboxylic acids is 2. The maximum Gasteiger partial charge on any atom is 0.323 e. The Labute approximate surface area is 101 Å². The summed E-state index contributed by atoms with van der Waals surface area (Å²) in [6, 6.07) is 3.98. The predicted octanol–water partition coefficient (Wildman–Crippen LogP) is 1.45. The van der Waals surface area contributed by atoms with Gasteiger partial charge in [-0.3, -0.25) is 9.59 Å². The summed E-state index contributed by atoms with van der Waals surface area (Å²) in [5.41, 5.74) is -0.151. The fourth-order valence-corrected chi connectivity index (χ4v) is 1.46. The lowest BCUT2D eigenvalue weighted by Crippen LogP contribution is -2.35. The quantitative estimate of drug-likeness (QED) is 0.839. The van der Waals surface area contributed by atoms with Gasteiger partial charge < -0.3 is 15.1 Å². The number of aliphatic carboxylic acids is 2. The van der Waals surface area contributed by atoms with Gasteiger partial charge in [-0.2, -0.15) is 0 Å². The van der Waals surface area contributed by atoms with Crippen molar-refractivity contribution in [2.75, 3.05) is 18.0 Å². The average Bonchev–Trinajstić information content (AvgIpc) is 2.19. The highest BCUT2D eigenvalue weighted by atomic mass is 35.5. The number of benzene rings is 1. The molecule has 0 saturated carbocycles. The Morgan fingerprint density at radius 1 is 1.24 bits per heavy atom. The number of carboxylic acid groups (broad SMARTS) is 2. The van der Waals surface area contributed by atoms with Gasteiger partial charge in [-0.1, -0.05) is 17.7 Å². The van der Waals surface area contributed by atoms with Crippen molar-refractivity contribution in [2.24, 2.45) is 0 Å². The van der Waals surface area contributed by atoms with Gasteiger partial charge in [0.05, 0.1) is 10.7 Å². The molecule has 92 valence electrons. The zero-order valence-electron chi connectivity index (χ0n) is 8.56. The summed E-state index contributed by atoms with van der Waals surface area (Å²) >= 11 is 5.53. The molecule has 0 aliphatic carbocycles. The summed E-state index contributed by atoms with van der Waals surface area (Å²) in [6.07, 6.45) is 0. The first kappa shape index (κ1) is 13.2. The molecule has 1 aromatic carbocycles. The average molecular weight is 262 g/mol. The second kappa shape index (κ2) is 5.49. The van der Waals surface area contributed by atoms with E-state index in [1.165, 1.54) is 18.2 Å². The maximum atomic E-state index is 13.6. The van der Waals surface area contributed by atoms with Crippen molar-refractivity contribution in [1.82, 2.24) is 0 Å². The summed E-state index contributed by atoms with van der Waals surface area (Å²) in [5.74, 6) is -3.35. The van der Waals surface area contributed by atoms with Gasteiger partial charge in [0.1, 0.15) is 13.1 Å². The van der Waals surface area contributed by atoms with Crippen molar-refractivity contribution in [3.63, 3.8) is 0 Å². The van der Waals surface area contributed by atoms with Crippen molar-refractivity contribution in [2.45, 2.75) is 0 Å². The van der Waals surface area contributed by atoms with E-state index in [0.29, 0.717) is 0 Å². The molecule has 0 aliphatic heterocycles. The SMILES string of the molecule is O=C(O)CN(CC(=O)O)c1cccc(Cl)c1F. The van der Waals surface area contributed by atoms with Gasteiger partial charge in [-0.25, -0.2) is 4.39 Å². The van der Waals surface area contributed by atoms with Crippen LogP contribution in [0.25, 0.3) is 0 Å². The van der Waals surface area contributed by atoms with Crippen molar-refractivity contribution >= 4 is 29.2 Å². The van der Waals surface area contributed by atoms with Crippen LogP contribution in [0.5, 0.6) is 0 Å². The Morgan fingerprint density at radius 3 is 2.24 bits per heavy atom. The van der Waals surface area contributed by atoms with Gasteiger partial charge in [0.2, 0.25) is 0 Å². The van der Waals surface area contributed by atoms with Crippen LogP contribution < -0.4 is 4.90 Å². The lowest BCUT2D eigenvalue weighted by Gasteiger charge is -2.21. The molecule has 0 spiro atoms. The minimum Gasteiger partial charge on any atom is -0.480 e. The van der Waals surface area contributed by atoms with Gasteiger partial charge in [0.15, 0.2) is 5.82 Å². The van der Waals surface area contributed by atoms with Crippen molar-refractivity contribution < 1.29 is 24.2 Å². The number of hydrogen-bond donors (Lipinski definition) is 2. The largest absolute Gasteiger partial charge is 0.480 e. The maximum absolute atomic E-state index is 13.6. The molecule has 1 rings (SSSR count). The van der Waals surface area contributed by atoms with E-state index in [-0.39, 0.29) is 10.7 Å². The molecular weight excluding hydrogens is 253 g/mol. The zero-order chi connectivity index (χ0) is 13.0. The van der Waals surface area contributed by atoms with E-state index in [1.807, 2.05) is 0 Å². The Hall–Kier alpha value is -1.82. The topological polar surface area (TPSA) is 77.8 Å². The highest BCUT2D eigenvalue weighted by molar-refractivity contribution is 6.31. The fraction of sp³-hybridized carbons (Fsp3) is 0.200. The van der Waals surface area contributed by atoms with Gasteiger partial charge in [0.25, 0.3) is 0 Å². The van der Waals surface area contributed by atoms with Crippen LogP contribution in [0.2, 0.25) is 5.02 Å². The lowest BCUT2D eigenvalue weighted by atomic mass is 10.2. The van der Waals surface area contributed by atoms with Crippen LogP contribution >= 0.6 is 11.6 Å². The summed E-state index contributed by atoms with van der Waals surface area (Å²) in [6.45, 7) is -1.24. The van der Waals surface area contributed by atoms with Crippen molar-refractivity contribution in [3.8, 4) is 0 Å². The molecule has 0 amide bonds. The zero-order valence-corrected chi connectivity index (χ0v) is 9.32. The van der Waals surface area contributed by atoms with E-state index >= 15 is 0 Å². The summed E-state index contributed by atoms with van der Waals surface area (Å²) in [5, 5.41) is 17.1. The molecule has 0 saturated heterocycles. The minimum absolute atomic E-state index is 0.151. The number of nitrogens with zero attached hydrogens (tertiary/aromatic N) is 1. The van der Waals surface area contributed by atoms with Crippen LogP contribution in [0.1, 0.15) is 0 Å². The Bertz CT molecular complexity index is 436. The third-order valence-corrected chi connectivity index (χ3v) is 2.22. The number of hydrogen-bond acceptors (Lipinski definition) is 3. The summed E-state index contributed by atoms with van der Waals surface area (Å²) < 4.78 is 13.6. The molecule has 0 aliphatic rings. The Kier molecular flexibility index (Phi) is 4.28. The van der Waals surface area contributed by atoms with E-state index in [1.54, 1.807) is 0 Å². The van der Waals surface area contributed by atoms with Crippen LogP contribution in [0, 0.1) is 5.82 Å². The third kappa shape index (κ3) is 3.60. The van der Waals surface area contributed by atoms with Crippen LogP contribution in [-0.4, -0.2) is 35.2 Å². The number of carbonyl (C=O) groups is 2. The highest BCUT2D eigenvalue weighted by Gasteiger charge is 2.18. The molecule has 0 atom stereocenters. The predicted molar refractivity (Wildman–Crippen MR) is 58.9 cm³/mol. The lowest BCUT2D eigenvalue weighted by molar-refractivity contribution is -0.136. The first-order valence-corrected chi connectivity index (χ1v) is 4.92. The van der Waals surface area contributed by atoms with Gasteiger partial charge in [0, 0.05) is 0 Å². The molecule has 0 fully saturated rings. The number of rotatable bonds is 5. The monoisotopic (exact) mass is 261 g/mol. The van der Waals surface area contributed by atoms with Gasteiger partial charge in [-0.05, 0) is 12.1 Å². The first-order chi connectivity index (χ1) is 7.91. The smallest absolute Gasteiger partial charge is 0.323 e. The summed E-state index contributed by atoms with van der Waals surface area (Å²) in [7, 11) is 0. The van der Waals surface area contributed by atoms with E-state index in [0.717, 1.165) is 4.90 Å². The molecule has 0 radical (unpaired) electrons. The molecule has 1 aromatic rings. The second-order valence-electron chi connectivity index (χ2n) is 3.22. The molecule has 0 heterocycles. The number of anilines is 1.